The maximum Gasteiger partial charge on any atom is 0.251 e. The van der Waals surface area contributed by atoms with Crippen molar-refractivity contribution in [3.8, 4) is 0 Å². The zero-order chi connectivity index (χ0) is 13.7. The van der Waals surface area contributed by atoms with E-state index < -0.39 is 10.8 Å². The predicted molar refractivity (Wildman–Crippen MR) is 79.4 cm³/mol. The van der Waals surface area contributed by atoms with Crippen molar-refractivity contribution in [2.75, 3.05) is 12.8 Å². The van der Waals surface area contributed by atoms with Gasteiger partial charge in [0.1, 0.15) is 0 Å². The molecule has 2 unspecified atom stereocenters. The molecule has 3 nitrogen and oxygen atoms in total. The summed E-state index contributed by atoms with van der Waals surface area (Å²) in [5.41, 5.74) is 1.62. The Morgan fingerprint density at radius 1 is 1.50 bits per heavy atom. The van der Waals surface area contributed by atoms with E-state index in [-0.39, 0.29) is 11.2 Å². The zero-order valence-corrected chi connectivity index (χ0v) is 13.2. The zero-order valence-electron chi connectivity index (χ0n) is 10.8. The maximum atomic E-state index is 12.0. The van der Waals surface area contributed by atoms with Crippen LogP contribution in [0.25, 0.3) is 0 Å². The summed E-state index contributed by atoms with van der Waals surface area (Å²) in [6.45, 7) is 4.38. The van der Waals surface area contributed by atoms with Gasteiger partial charge < -0.3 is 5.32 Å². The SMILES string of the molecule is Cc1ccc(Br)cc1C(=O)NCCC(C)S(C)=O. The van der Waals surface area contributed by atoms with Gasteiger partial charge in [-0.1, -0.05) is 28.9 Å². The Morgan fingerprint density at radius 3 is 2.78 bits per heavy atom. The third-order valence-corrected chi connectivity index (χ3v) is 4.71. The van der Waals surface area contributed by atoms with Gasteiger partial charge in [-0.3, -0.25) is 9.00 Å². The summed E-state index contributed by atoms with van der Waals surface area (Å²) >= 11 is 3.35. The van der Waals surface area contributed by atoms with Gasteiger partial charge in [0, 0.05) is 38.9 Å². The molecule has 0 radical (unpaired) electrons. The van der Waals surface area contributed by atoms with E-state index in [0.29, 0.717) is 12.1 Å². The lowest BCUT2D eigenvalue weighted by atomic mass is 10.1. The first kappa shape index (κ1) is 15.4. The number of aryl methyl sites for hydroxylation is 1. The second-order valence-corrected chi connectivity index (χ2v) is 7.03. The molecule has 0 aliphatic carbocycles. The van der Waals surface area contributed by atoms with Crippen LogP contribution in [-0.2, 0) is 10.8 Å². The average Bonchev–Trinajstić information content (AvgIpc) is 2.31. The molecule has 0 bridgehead atoms. The maximum absolute atomic E-state index is 12.0. The number of hydrogen-bond acceptors (Lipinski definition) is 2. The number of nitrogens with one attached hydrogen (secondary N) is 1. The molecule has 1 rings (SSSR count). The summed E-state index contributed by atoms with van der Waals surface area (Å²) in [6, 6.07) is 5.63. The molecule has 0 aromatic heterocycles. The minimum Gasteiger partial charge on any atom is -0.352 e. The Hall–Kier alpha value is -0.680. The summed E-state index contributed by atoms with van der Waals surface area (Å²) < 4.78 is 12.1. The molecule has 5 heteroatoms. The highest BCUT2D eigenvalue weighted by Gasteiger charge is 2.10. The van der Waals surface area contributed by atoms with Gasteiger partial charge in [-0.15, -0.1) is 0 Å². The first-order valence-corrected chi connectivity index (χ1v) is 8.20. The monoisotopic (exact) mass is 331 g/mol. The van der Waals surface area contributed by atoms with Crippen LogP contribution in [0.3, 0.4) is 0 Å². The second-order valence-electron chi connectivity index (χ2n) is 4.31. The van der Waals surface area contributed by atoms with Gasteiger partial charge >= 0.3 is 0 Å². The molecule has 0 saturated carbocycles. The lowest BCUT2D eigenvalue weighted by molar-refractivity contribution is 0.0952. The van der Waals surface area contributed by atoms with E-state index in [9.17, 15) is 9.00 Å². The highest BCUT2D eigenvalue weighted by molar-refractivity contribution is 9.10. The van der Waals surface area contributed by atoms with Crippen LogP contribution in [0.1, 0.15) is 29.3 Å². The molecule has 0 saturated heterocycles. The quantitative estimate of drug-likeness (QED) is 0.901. The molecule has 1 aromatic rings. The second kappa shape index (κ2) is 7.04. The van der Waals surface area contributed by atoms with E-state index in [0.717, 1.165) is 16.5 Å². The Kier molecular flexibility index (Phi) is 6.02. The molecule has 1 aromatic carbocycles. The fraction of sp³-hybridized carbons (Fsp3) is 0.462. The standard InChI is InChI=1S/C13H18BrNO2S/c1-9-4-5-11(14)8-12(9)13(16)15-7-6-10(2)18(3)17/h4-5,8,10H,6-7H2,1-3H3,(H,15,16). The minimum atomic E-state index is -0.836. The first-order valence-electron chi connectivity index (χ1n) is 5.78. The number of hydrogen-bond donors (Lipinski definition) is 1. The minimum absolute atomic E-state index is 0.0807. The highest BCUT2D eigenvalue weighted by Crippen LogP contribution is 2.15. The Bertz CT molecular complexity index is 462. The van der Waals surface area contributed by atoms with Crippen molar-refractivity contribution in [3.63, 3.8) is 0 Å². The molecule has 1 N–H and O–H groups in total. The smallest absolute Gasteiger partial charge is 0.251 e. The lowest BCUT2D eigenvalue weighted by Gasteiger charge is -2.10. The molecule has 0 aliphatic heterocycles. The number of rotatable bonds is 5. The predicted octanol–water partition coefficient (Wildman–Crippen LogP) is 2.64. The van der Waals surface area contributed by atoms with Gasteiger partial charge in [0.25, 0.3) is 5.91 Å². The third-order valence-electron chi connectivity index (χ3n) is 2.85. The van der Waals surface area contributed by atoms with Crippen LogP contribution in [0, 0.1) is 6.92 Å². The van der Waals surface area contributed by atoms with Gasteiger partial charge in [-0.2, -0.15) is 0 Å². The molecular formula is C13H18BrNO2S. The Balaban J connectivity index is 2.55. The van der Waals surface area contributed by atoms with Crippen LogP contribution >= 0.6 is 15.9 Å². The van der Waals surface area contributed by atoms with Crippen LogP contribution in [0.5, 0.6) is 0 Å². The van der Waals surface area contributed by atoms with Crippen LogP contribution in [-0.4, -0.2) is 28.2 Å². The molecule has 0 fully saturated rings. The number of amides is 1. The van der Waals surface area contributed by atoms with E-state index in [4.69, 9.17) is 0 Å². The van der Waals surface area contributed by atoms with Gasteiger partial charge in [-0.25, -0.2) is 0 Å². The van der Waals surface area contributed by atoms with Crippen molar-refractivity contribution < 1.29 is 9.00 Å². The van der Waals surface area contributed by atoms with E-state index in [1.165, 1.54) is 0 Å². The summed E-state index contributed by atoms with van der Waals surface area (Å²) in [5, 5.41) is 2.96. The summed E-state index contributed by atoms with van der Waals surface area (Å²) in [6.07, 6.45) is 2.41. The molecule has 0 heterocycles. The highest BCUT2D eigenvalue weighted by atomic mass is 79.9. The van der Waals surface area contributed by atoms with E-state index in [1.54, 1.807) is 6.26 Å². The molecular weight excluding hydrogens is 314 g/mol. The summed E-state index contributed by atoms with van der Waals surface area (Å²) in [7, 11) is -0.836. The Morgan fingerprint density at radius 2 is 2.17 bits per heavy atom. The number of halogens is 1. The summed E-state index contributed by atoms with van der Waals surface area (Å²) in [5.74, 6) is -0.0807. The van der Waals surface area contributed by atoms with E-state index in [2.05, 4.69) is 21.2 Å². The molecule has 18 heavy (non-hydrogen) atoms. The number of carbonyl (C=O) groups excluding carboxylic acids is 1. The largest absolute Gasteiger partial charge is 0.352 e. The molecule has 2 atom stereocenters. The Labute approximate surface area is 119 Å². The van der Waals surface area contributed by atoms with Crippen LogP contribution in [0.15, 0.2) is 22.7 Å². The van der Waals surface area contributed by atoms with E-state index in [1.807, 2.05) is 32.0 Å². The van der Waals surface area contributed by atoms with Crippen molar-refractivity contribution in [3.05, 3.63) is 33.8 Å². The van der Waals surface area contributed by atoms with Crippen molar-refractivity contribution in [1.29, 1.82) is 0 Å². The van der Waals surface area contributed by atoms with Crippen molar-refractivity contribution in [2.24, 2.45) is 0 Å². The van der Waals surface area contributed by atoms with Crippen LogP contribution < -0.4 is 5.32 Å². The third kappa shape index (κ3) is 4.53. The van der Waals surface area contributed by atoms with Crippen molar-refractivity contribution >= 4 is 32.6 Å². The summed E-state index contributed by atoms with van der Waals surface area (Å²) in [4.78, 5) is 12.0. The van der Waals surface area contributed by atoms with Gasteiger partial charge in [0.2, 0.25) is 0 Å². The lowest BCUT2D eigenvalue weighted by Crippen LogP contribution is -2.28. The van der Waals surface area contributed by atoms with Crippen molar-refractivity contribution in [2.45, 2.75) is 25.5 Å². The molecule has 0 aliphatic rings. The molecule has 1 amide bonds. The van der Waals surface area contributed by atoms with Gasteiger partial charge in [-0.05, 0) is 31.0 Å². The number of carbonyl (C=O) groups is 1. The molecule has 0 spiro atoms. The van der Waals surface area contributed by atoms with Crippen LogP contribution in [0.2, 0.25) is 0 Å². The van der Waals surface area contributed by atoms with Crippen molar-refractivity contribution in [1.82, 2.24) is 5.32 Å². The number of benzene rings is 1. The van der Waals surface area contributed by atoms with Gasteiger partial charge in [0.05, 0.1) is 0 Å². The van der Waals surface area contributed by atoms with Gasteiger partial charge in [0.15, 0.2) is 0 Å². The van der Waals surface area contributed by atoms with E-state index >= 15 is 0 Å². The fourth-order valence-corrected chi connectivity index (χ4v) is 2.30. The first-order chi connectivity index (χ1) is 8.41. The fourth-order valence-electron chi connectivity index (χ4n) is 1.49. The normalized spacial score (nSPS) is 14.0. The average molecular weight is 332 g/mol. The van der Waals surface area contributed by atoms with Crippen LogP contribution in [0.4, 0.5) is 0 Å². The topological polar surface area (TPSA) is 46.2 Å². The molecule has 100 valence electrons.